The van der Waals surface area contributed by atoms with E-state index in [-0.39, 0.29) is 11.7 Å². The molecule has 1 saturated heterocycles. The Bertz CT molecular complexity index is 1370. The lowest BCUT2D eigenvalue weighted by atomic mass is 9.95. The quantitative estimate of drug-likeness (QED) is 0.438. The molecule has 0 aliphatic carbocycles. The van der Waals surface area contributed by atoms with Gasteiger partial charge in [0, 0.05) is 49.4 Å². The molecule has 1 N–H and O–H groups in total. The van der Waals surface area contributed by atoms with E-state index < -0.39 is 0 Å². The Morgan fingerprint density at radius 1 is 0.794 bits per heavy atom. The van der Waals surface area contributed by atoms with Crippen molar-refractivity contribution < 1.29 is 9.18 Å². The fraction of sp³-hybridized carbons (Fsp3) is 0.207. The molecule has 4 nitrogen and oxygen atoms in total. The summed E-state index contributed by atoms with van der Waals surface area (Å²) in [4.78, 5) is 16.8. The minimum absolute atomic E-state index is 0.0168. The second-order valence-corrected chi connectivity index (χ2v) is 9.16. The highest BCUT2D eigenvalue weighted by atomic mass is 19.1. The first-order chi connectivity index (χ1) is 16.7. The number of nitrogens with zero attached hydrogens (tertiary/aromatic N) is 2. The van der Waals surface area contributed by atoms with Crippen LogP contribution in [-0.4, -0.2) is 37.0 Å². The van der Waals surface area contributed by atoms with Gasteiger partial charge < -0.3 is 10.2 Å². The summed E-state index contributed by atoms with van der Waals surface area (Å²) in [7, 11) is 0. The van der Waals surface area contributed by atoms with E-state index in [1.807, 2.05) is 30.3 Å². The van der Waals surface area contributed by atoms with Crippen LogP contribution in [0.4, 0.5) is 15.8 Å². The Balaban J connectivity index is 1.11. The van der Waals surface area contributed by atoms with Crippen molar-refractivity contribution in [1.82, 2.24) is 4.90 Å². The highest BCUT2D eigenvalue weighted by Crippen LogP contribution is 2.35. The summed E-state index contributed by atoms with van der Waals surface area (Å²) in [5.74, 6) is -0.161. The lowest BCUT2D eigenvalue weighted by Gasteiger charge is -2.36. The van der Waals surface area contributed by atoms with Gasteiger partial charge in [-0.3, -0.25) is 9.69 Å². The second kappa shape index (κ2) is 8.58. The molecule has 0 saturated carbocycles. The van der Waals surface area contributed by atoms with Crippen molar-refractivity contribution in [2.24, 2.45) is 0 Å². The van der Waals surface area contributed by atoms with E-state index in [4.69, 9.17) is 0 Å². The minimum Gasteiger partial charge on any atom is -0.367 e. The number of carbonyl (C=O) groups is 1. The molecule has 0 aromatic heterocycles. The molecule has 2 aliphatic rings. The fourth-order valence-electron chi connectivity index (χ4n) is 5.20. The minimum atomic E-state index is -0.144. The molecule has 0 radical (unpaired) electrons. The number of hydrogen-bond acceptors (Lipinski definition) is 3. The lowest BCUT2D eigenvalue weighted by Crippen LogP contribution is -2.46. The van der Waals surface area contributed by atoms with E-state index in [1.54, 1.807) is 6.07 Å². The second-order valence-electron chi connectivity index (χ2n) is 9.16. The topological polar surface area (TPSA) is 35.6 Å². The number of nitrogens with one attached hydrogen (secondary N) is 1. The number of amides is 1. The lowest BCUT2D eigenvalue weighted by molar-refractivity contribution is 0.103. The Morgan fingerprint density at radius 2 is 1.56 bits per heavy atom. The maximum Gasteiger partial charge on any atom is 0.256 e. The van der Waals surface area contributed by atoms with E-state index in [2.05, 4.69) is 51.5 Å². The van der Waals surface area contributed by atoms with Crippen LogP contribution in [0.15, 0.2) is 78.9 Å². The predicted molar refractivity (Wildman–Crippen MR) is 135 cm³/mol. The van der Waals surface area contributed by atoms with Crippen LogP contribution < -0.4 is 10.2 Å². The molecule has 4 aromatic carbocycles. The van der Waals surface area contributed by atoms with Gasteiger partial charge in [0.15, 0.2) is 0 Å². The zero-order valence-electron chi connectivity index (χ0n) is 18.9. The third-order valence-corrected chi connectivity index (χ3v) is 7.01. The van der Waals surface area contributed by atoms with Crippen LogP contribution in [-0.2, 0) is 13.0 Å². The molecule has 4 aromatic rings. The van der Waals surface area contributed by atoms with Gasteiger partial charge in [0.1, 0.15) is 5.82 Å². The van der Waals surface area contributed by atoms with Gasteiger partial charge in [-0.2, -0.15) is 0 Å². The largest absolute Gasteiger partial charge is 0.367 e. The van der Waals surface area contributed by atoms with Crippen molar-refractivity contribution >= 4 is 28.1 Å². The Kier molecular flexibility index (Phi) is 5.27. The summed E-state index contributed by atoms with van der Waals surface area (Å²) in [5.41, 5.74) is 6.15. The molecule has 34 heavy (non-hydrogen) atoms. The highest BCUT2D eigenvalue weighted by molar-refractivity contribution is 6.24. The molecule has 1 fully saturated rings. The number of anilines is 2. The van der Waals surface area contributed by atoms with Gasteiger partial charge in [-0.15, -0.1) is 0 Å². The number of carbonyl (C=O) groups excluding carboxylic acids is 1. The van der Waals surface area contributed by atoms with Crippen LogP contribution >= 0.6 is 0 Å². The van der Waals surface area contributed by atoms with E-state index in [0.717, 1.165) is 61.2 Å². The van der Waals surface area contributed by atoms with Crippen LogP contribution in [0.5, 0.6) is 0 Å². The van der Waals surface area contributed by atoms with E-state index in [1.165, 1.54) is 22.8 Å². The molecular weight excluding hydrogens is 425 g/mol. The summed E-state index contributed by atoms with van der Waals surface area (Å²) in [5, 5.41) is 5.14. The maximum absolute atomic E-state index is 14.1. The molecule has 170 valence electrons. The highest BCUT2D eigenvalue weighted by Gasteiger charge is 2.22. The molecule has 5 heteroatoms. The number of hydrogen-bond donors (Lipinski definition) is 1. The third-order valence-electron chi connectivity index (χ3n) is 7.01. The monoisotopic (exact) mass is 451 g/mol. The van der Waals surface area contributed by atoms with Crippen molar-refractivity contribution in [2.45, 2.75) is 13.0 Å². The molecule has 0 atom stereocenters. The molecule has 0 bridgehead atoms. The average molecular weight is 452 g/mol. The molecule has 6 rings (SSSR count). The van der Waals surface area contributed by atoms with Gasteiger partial charge in [0.2, 0.25) is 0 Å². The van der Waals surface area contributed by atoms with Gasteiger partial charge in [0.25, 0.3) is 5.91 Å². The van der Waals surface area contributed by atoms with Crippen LogP contribution in [0, 0.1) is 5.82 Å². The van der Waals surface area contributed by atoms with Crippen LogP contribution in [0.25, 0.3) is 10.8 Å². The molecule has 2 heterocycles. The average Bonchev–Trinajstić information content (AvgIpc) is 3.20. The van der Waals surface area contributed by atoms with Crippen LogP contribution in [0.2, 0.25) is 0 Å². The Labute approximate surface area is 198 Å². The first-order valence-electron chi connectivity index (χ1n) is 11.8. The summed E-state index contributed by atoms with van der Waals surface area (Å²) < 4.78 is 14.1. The summed E-state index contributed by atoms with van der Waals surface area (Å²) in [6.45, 7) is 4.41. The van der Waals surface area contributed by atoms with Gasteiger partial charge in [-0.25, -0.2) is 4.39 Å². The fourth-order valence-corrected chi connectivity index (χ4v) is 5.20. The molecule has 0 spiro atoms. The summed E-state index contributed by atoms with van der Waals surface area (Å²) >= 11 is 0. The SMILES string of the molecule is O=C1Nc2ccc(Cc3ccc(CN4CCN(c5ccccc5F)CC4)cc3)c3cccc1c23. The van der Waals surface area contributed by atoms with Gasteiger partial charge >= 0.3 is 0 Å². The van der Waals surface area contributed by atoms with Gasteiger partial charge in [-0.05, 0) is 52.8 Å². The van der Waals surface area contributed by atoms with Crippen molar-refractivity contribution in [2.75, 3.05) is 36.4 Å². The van der Waals surface area contributed by atoms with E-state index >= 15 is 0 Å². The van der Waals surface area contributed by atoms with E-state index in [0.29, 0.717) is 5.69 Å². The van der Waals surface area contributed by atoms with Crippen LogP contribution in [0.1, 0.15) is 27.0 Å². The van der Waals surface area contributed by atoms with Crippen molar-refractivity contribution in [3.8, 4) is 0 Å². The standard InChI is InChI=1S/C29H26FN3O/c30-25-6-1-2-7-27(25)33-16-14-32(15-17-33)19-21-10-8-20(9-11-21)18-22-12-13-26-28-23(22)4-3-5-24(28)29(34)31-26/h1-13H,14-19H2,(H,31,34). The molecular formula is C29H26FN3O. The Hall–Kier alpha value is -3.70. The normalized spacial score (nSPS) is 15.7. The number of benzene rings is 4. The Morgan fingerprint density at radius 3 is 2.35 bits per heavy atom. The summed E-state index contributed by atoms with van der Waals surface area (Å²) in [6, 6.07) is 26.0. The molecule has 1 amide bonds. The number of para-hydroxylation sites is 1. The smallest absolute Gasteiger partial charge is 0.256 e. The molecule has 0 unspecified atom stereocenters. The van der Waals surface area contributed by atoms with Crippen molar-refractivity contribution in [3.63, 3.8) is 0 Å². The van der Waals surface area contributed by atoms with Crippen LogP contribution in [0.3, 0.4) is 0 Å². The first kappa shape index (κ1) is 20.9. The molecule has 2 aliphatic heterocycles. The number of rotatable bonds is 5. The third kappa shape index (κ3) is 3.82. The van der Waals surface area contributed by atoms with Crippen molar-refractivity contribution in [1.29, 1.82) is 0 Å². The zero-order valence-corrected chi connectivity index (χ0v) is 18.9. The maximum atomic E-state index is 14.1. The van der Waals surface area contributed by atoms with E-state index in [9.17, 15) is 9.18 Å². The first-order valence-corrected chi connectivity index (χ1v) is 11.8. The van der Waals surface area contributed by atoms with Crippen molar-refractivity contribution in [3.05, 3.63) is 107 Å². The summed E-state index contributed by atoms with van der Waals surface area (Å²) in [6.07, 6.45) is 0.829. The zero-order chi connectivity index (χ0) is 23.1. The predicted octanol–water partition coefficient (Wildman–Crippen LogP) is 5.46. The van der Waals surface area contributed by atoms with Gasteiger partial charge in [0.05, 0.1) is 5.69 Å². The van der Waals surface area contributed by atoms with Gasteiger partial charge in [-0.1, -0.05) is 54.6 Å². The number of piperazine rings is 1. The number of halogens is 1.